The van der Waals surface area contributed by atoms with E-state index in [0.29, 0.717) is 25.7 Å². The van der Waals surface area contributed by atoms with Crippen molar-refractivity contribution in [3.05, 3.63) is 36.0 Å². The predicted molar refractivity (Wildman–Crippen MR) is 121 cm³/mol. The molecule has 1 heterocycles. The van der Waals surface area contributed by atoms with Crippen LogP contribution in [0.15, 0.2) is 30.5 Å². The Morgan fingerprint density at radius 2 is 1.39 bits per heavy atom. The van der Waals surface area contributed by atoms with E-state index in [1.165, 1.54) is 0 Å². The number of carbonyl (C=O) groups excluding carboxylic acids is 2. The number of fused-ring (bicyclic) bond motifs is 1. The Hall–Kier alpha value is -1.98. The molecule has 168 valence electrons. The van der Waals surface area contributed by atoms with Crippen molar-refractivity contribution in [3.8, 4) is 0 Å². The van der Waals surface area contributed by atoms with Crippen LogP contribution in [0, 0.1) is 22.7 Å². The molecule has 0 bridgehead atoms. The number of benzene rings is 1. The molecule has 0 saturated heterocycles. The van der Waals surface area contributed by atoms with Crippen LogP contribution in [0.5, 0.6) is 0 Å². The van der Waals surface area contributed by atoms with Crippen LogP contribution in [0.2, 0.25) is 0 Å². The highest BCUT2D eigenvalue weighted by Gasteiger charge is 2.52. The number of hydrogen-bond donors (Lipinski definition) is 2. The summed E-state index contributed by atoms with van der Waals surface area (Å²) >= 11 is 0. The predicted octanol–water partition coefficient (Wildman–Crippen LogP) is 3.99. The zero-order valence-electron chi connectivity index (χ0n) is 19.3. The molecule has 0 aliphatic heterocycles. The highest BCUT2D eigenvalue weighted by molar-refractivity contribution is 5.91. The molecule has 2 N–H and O–H groups in total. The fourth-order valence-electron chi connectivity index (χ4n) is 6.27. The van der Waals surface area contributed by atoms with Crippen molar-refractivity contribution in [3.63, 3.8) is 0 Å². The van der Waals surface area contributed by atoms with Crippen LogP contribution in [0.1, 0.15) is 64.9 Å². The average Bonchev–Trinajstić information content (AvgIpc) is 2.94. The third-order valence-corrected chi connectivity index (χ3v) is 7.46. The first-order chi connectivity index (χ1) is 14.4. The fourth-order valence-corrected chi connectivity index (χ4v) is 6.27. The molecule has 0 spiro atoms. The van der Waals surface area contributed by atoms with Crippen molar-refractivity contribution < 1.29 is 19.8 Å². The molecule has 2 aliphatic rings. The van der Waals surface area contributed by atoms with E-state index in [4.69, 9.17) is 0 Å². The van der Waals surface area contributed by atoms with Crippen molar-refractivity contribution in [1.29, 1.82) is 0 Å². The van der Waals surface area contributed by atoms with E-state index in [9.17, 15) is 19.8 Å². The van der Waals surface area contributed by atoms with Gasteiger partial charge in [0, 0.05) is 42.9 Å². The summed E-state index contributed by atoms with van der Waals surface area (Å²) in [7, 11) is 1.95. The van der Waals surface area contributed by atoms with Gasteiger partial charge in [0.2, 0.25) is 0 Å². The molecule has 5 nitrogen and oxygen atoms in total. The van der Waals surface area contributed by atoms with Gasteiger partial charge in [-0.15, -0.1) is 0 Å². The standard InChI is InChI=1S/C26H35NO4/c1-25(2)10-18(28)23(19(29)11-25)22(24-20(30)12-26(3,4)13-21(24)31)16-14-27(5)17-9-7-6-8-15(16)17/h6-9,14,18,20,22-24,28,30H,10-13H2,1-5H3/t18-,20-,22?,23-,24+/m0/s1. The van der Waals surface area contributed by atoms with Crippen molar-refractivity contribution in [2.45, 2.75) is 71.5 Å². The lowest BCUT2D eigenvalue weighted by molar-refractivity contribution is -0.144. The van der Waals surface area contributed by atoms with Gasteiger partial charge in [-0.2, -0.15) is 0 Å². The Labute approximate surface area is 184 Å². The van der Waals surface area contributed by atoms with Gasteiger partial charge in [-0.1, -0.05) is 45.9 Å². The molecule has 0 amide bonds. The Bertz CT molecular complexity index is 976. The zero-order chi connectivity index (χ0) is 22.7. The van der Waals surface area contributed by atoms with Gasteiger partial charge in [0.05, 0.1) is 24.0 Å². The van der Waals surface area contributed by atoms with Gasteiger partial charge in [-0.05, 0) is 35.3 Å². The molecule has 4 rings (SSSR count). The van der Waals surface area contributed by atoms with Gasteiger partial charge in [0.15, 0.2) is 0 Å². The Morgan fingerprint density at radius 1 is 0.903 bits per heavy atom. The van der Waals surface area contributed by atoms with E-state index >= 15 is 0 Å². The Kier molecular flexibility index (Phi) is 5.42. The maximum Gasteiger partial charge on any atom is 0.139 e. The van der Waals surface area contributed by atoms with E-state index in [0.717, 1.165) is 16.5 Å². The molecule has 0 radical (unpaired) electrons. The second-order valence-corrected chi connectivity index (χ2v) is 11.4. The number of Topliss-reactive ketones (excluding diaryl/α,β-unsaturated/α-hetero) is 2. The lowest BCUT2D eigenvalue weighted by atomic mass is 9.58. The van der Waals surface area contributed by atoms with E-state index in [1.54, 1.807) is 0 Å². The van der Waals surface area contributed by atoms with Gasteiger partial charge >= 0.3 is 0 Å². The second kappa shape index (κ2) is 7.56. The molecule has 31 heavy (non-hydrogen) atoms. The smallest absolute Gasteiger partial charge is 0.139 e. The summed E-state index contributed by atoms with van der Waals surface area (Å²) in [6.07, 6.45) is 2.07. The summed E-state index contributed by atoms with van der Waals surface area (Å²) in [6, 6.07) is 7.94. The number of nitrogens with zero attached hydrogens (tertiary/aromatic N) is 1. The van der Waals surface area contributed by atoms with Crippen LogP contribution < -0.4 is 0 Å². The minimum Gasteiger partial charge on any atom is -0.392 e. The SMILES string of the molecule is Cn1cc(C([C@H]2C(=O)CC(C)(C)C[C@@H]2O)[C@@H]2C(=O)CC(C)(C)C[C@@H]2O)c2ccccc21. The average molecular weight is 426 g/mol. The van der Waals surface area contributed by atoms with Gasteiger partial charge < -0.3 is 14.8 Å². The maximum absolute atomic E-state index is 13.4. The third-order valence-electron chi connectivity index (χ3n) is 7.46. The van der Waals surface area contributed by atoms with E-state index in [-0.39, 0.29) is 22.4 Å². The van der Waals surface area contributed by atoms with Gasteiger partial charge in [0.1, 0.15) is 11.6 Å². The number of rotatable bonds is 3. The molecule has 2 saturated carbocycles. The number of hydrogen-bond acceptors (Lipinski definition) is 4. The summed E-state index contributed by atoms with van der Waals surface area (Å²) in [5.41, 5.74) is 1.35. The molecule has 2 aromatic rings. The quantitative estimate of drug-likeness (QED) is 0.779. The fraction of sp³-hybridized carbons (Fsp3) is 0.615. The number of aliphatic hydroxyl groups excluding tert-OH is 2. The van der Waals surface area contributed by atoms with Gasteiger partial charge in [-0.3, -0.25) is 9.59 Å². The first kappa shape index (κ1) is 22.2. The number of carbonyl (C=O) groups is 2. The van der Waals surface area contributed by atoms with Crippen LogP contribution in [0.4, 0.5) is 0 Å². The molecule has 1 aromatic carbocycles. The Morgan fingerprint density at radius 3 is 1.87 bits per heavy atom. The van der Waals surface area contributed by atoms with E-state index in [1.807, 2.05) is 69.8 Å². The highest BCUT2D eigenvalue weighted by Crippen LogP contribution is 2.50. The summed E-state index contributed by atoms with van der Waals surface area (Å²) in [6.45, 7) is 8.00. The zero-order valence-corrected chi connectivity index (χ0v) is 19.3. The first-order valence-electron chi connectivity index (χ1n) is 11.4. The van der Waals surface area contributed by atoms with Crippen LogP contribution >= 0.6 is 0 Å². The summed E-state index contributed by atoms with van der Waals surface area (Å²) in [4.78, 5) is 26.8. The monoisotopic (exact) mass is 425 g/mol. The number of ketones is 2. The largest absolute Gasteiger partial charge is 0.392 e. The molecule has 1 unspecified atom stereocenters. The number of aromatic nitrogens is 1. The molecular formula is C26H35NO4. The lowest BCUT2D eigenvalue weighted by Gasteiger charge is -2.46. The number of aryl methyl sites for hydroxylation is 1. The van der Waals surface area contributed by atoms with Gasteiger partial charge in [-0.25, -0.2) is 0 Å². The summed E-state index contributed by atoms with van der Waals surface area (Å²) in [5, 5.41) is 23.3. The van der Waals surface area contributed by atoms with E-state index < -0.39 is 30.0 Å². The molecule has 5 heteroatoms. The molecule has 2 aliphatic carbocycles. The number of para-hydroxylation sites is 1. The first-order valence-corrected chi connectivity index (χ1v) is 11.4. The number of aliphatic hydroxyl groups is 2. The maximum atomic E-state index is 13.4. The molecule has 2 fully saturated rings. The third kappa shape index (κ3) is 3.98. The van der Waals surface area contributed by atoms with Crippen molar-refractivity contribution in [1.82, 2.24) is 4.57 Å². The van der Waals surface area contributed by atoms with Crippen LogP contribution in [0.3, 0.4) is 0 Å². The van der Waals surface area contributed by atoms with Crippen LogP contribution in [-0.2, 0) is 16.6 Å². The minimum absolute atomic E-state index is 0.00785. The highest BCUT2D eigenvalue weighted by atomic mass is 16.3. The Balaban J connectivity index is 1.88. The van der Waals surface area contributed by atoms with Gasteiger partial charge in [0.25, 0.3) is 0 Å². The normalized spacial score (nSPS) is 31.7. The minimum atomic E-state index is -0.838. The van der Waals surface area contributed by atoms with E-state index in [2.05, 4.69) is 0 Å². The topological polar surface area (TPSA) is 79.5 Å². The molecule has 1 aromatic heterocycles. The van der Waals surface area contributed by atoms with Crippen molar-refractivity contribution >= 4 is 22.5 Å². The van der Waals surface area contributed by atoms with Crippen LogP contribution in [-0.4, -0.2) is 38.6 Å². The molecule has 5 atom stereocenters. The molecular weight excluding hydrogens is 390 g/mol. The lowest BCUT2D eigenvalue weighted by Crippen LogP contribution is -2.51. The van der Waals surface area contributed by atoms with Crippen molar-refractivity contribution in [2.75, 3.05) is 0 Å². The summed E-state index contributed by atoms with van der Waals surface area (Å²) in [5.74, 6) is -1.94. The van der Waals surface area contributed by atoms with Crippen LogP contribution in [0.25, 0.3) is 10.9 Å². The van der Waals surface area contributed by atoms with Crippen molar-refractivity contribution in [2.24, 2.45) is 29.7 Å². The second-order valence-electron chi connectivity index (χ2n) is 11.4. The summed E-state index contributed by atoms with van der Waals surface area (Å²) < 4.78 is 2.00.